The zero-order chi connectivity index (χ0) is 20.2. The van der Waals surface area contributed by atoms with Gasteiger partial charge in [0.25, 0.3) is 0 Å². The van der Waals surface area contributed by atoms with Gasteiger partial charge in [-0.05, 0) is 42.6 Å². The second-order valence-corrected chi connectivity index (χ2v) is 9.81. The summed E-state index contributed by atoms with van der Waals surface area (Å²) < 4.78 is 11.3. The van der Waals surface area contributed by atoms with Gasteiger partial charge >= 0.3 is 5.97 Å². The molecular weight excluding hydrogens is 368 g/mol. The third-order valence-electron chi connectivity index (χ3n) is 8.72. The molecule has 5 aliphatic rings. The number of aliphatic hydroxyl groups excluding tert-OH is 5. The molecule has 0 amide bonds. The number of carbonyl (C=O) groups excluding carboxylic acids is 1. The van der Waals surface area contributed by atoms with Crippen LogP contribution in [0, 0.1) is 34.0 Å². The van der Waals surface area contributed by atoms with Crippen LogP contribution in [0.1, 0.15) is 32.6 Å². The smallest absolute Gasteiger partial charge is 0.317 e. The number of fused-ring (bicyclic) bond motifs is 1. The van der Waals surface area contributed by atoms with Crippen LogP contribution in [0.3, 0.4) is 0 Å². The molecule has 8 nitrogen and oxygen atoms in total. The first kappa shape index (κ1) is 19.0. The van der Waals surface area contributed by atoms with Crippen LogP contribution in [-0.4, -0.2) is 69.0 Å². The van der Waals surface area contributed by atoms with Crippen LogP contribution in [0.4, 0.5) is 0 Å². The zero-order valence-electron chi connectivity index (χ0n) is 15.8. The second kappa shape index (κ2) is 5.56. The maximum Gasteiger partial charge on any atom is 0.317 e. The Balaban J connectivity index is 1.76. The summed E-state index contributed by atoms with van der Waals surface area (Å²) in [6.07, 6.45) is -4.49. The van der Waals surface area contributed by atoms with E-state index in [1.807, 2.05) is 6.92 Å². The minimum Gasteiger partial charge on any atom is -0.434 e. The van der Waals surface area contributed by atoms with Gasteiger partial charge in [-0.15, -0.1) is 0 Å². The van der Waals surface area contributed by atoms with E-state index >= 15 is 0 Å². The molecule has 5 rings (SSSR count). The quantitative estimate of drug-likeness (QED) is 0.289. The summed E-state index contributed by atoms with van der Waals surface area (Å²) in [6.45, 7) is 5.51. The minimum atomic E-state index is -1.43. The molecule has 156 valence electrons. The van der Waals surface area contributed by atoms with E-state index in [-0.39, 0.29) is 18.9 Å². The molecule has 3 saturated carbocycles. The number of carbonyl (C=O) groups is 1. The Hall–Kier alpha value is -1.03. The molecule has 5 fully saturated rings. The van der Waals surface area contributed by atoms with Crippen molar-refractivity contribution in [2.75, 3.05) is 6.61 Å². The summed E-state index contributed by atoms with van der Waals surface area (Å²) in [6, 6.07) is 0. The van der Waals surface area contributed by atoms with Gasteiger partial charge in [-0.1, -0.05) is 13.5 Å². The molecular formula is C20H28O8. The Labute approximate surface area is 162 Å². The van der Waals surface area contributed by atoms with Crippen molar-refractivity contribution in [2.45, 2.75) is 63.5 Å². The summed E-state index contributed by atoms with van der Waals surface area (Å²) in [7, 11) is 0. The normalized spacial score (nSPS) is 60.1. The Morgan fingerprint density at radius 3 is 2.61 bits per heavy atom. The molecule has 3 aliphatic carbocycles. The highest BCUT2D eigenvalue weighted by atomic mass is 16.8. The predicted octanol–water partition coefficient (Wildman–Crippen LogP) is -0.722. The van der Waals surface area contributed by atoms with Gasteiger partial charge in [0.2, 0.25) is 6.29 Å². The molecule has 2 spiro atoms. The van der Waals surface area contributed by atoms with Gasteiger partial charge in [0.1, 0.15) is 5.41 Å². The molecule has 0 unspecified atom stereocenters. The first-order chi connectivity index (χ1) is 13.1. The average molecular weight is 396 g/mol. The molecule has 2 saturated heterocycles. The van der Waals surface area contributed by atoms with Gasteiger partial charge < -0.3 is 35.0 Å². The molecule has 2 bridgehead atoms. The van der Waals surface area contributed by atoms with Crippen LogP contribution < -0.4 is 0 Å². The van der Waals surface area contributed by atoms with E-state index in [0.29, 0.717) is 24.8 Å². The van der Waals surface area contributed by atoms with Crippen LogP contribution in [0.25, 0.3) is 0 Å². The largest absolute Gasteiger partial charge is 0.434 e. The van der Waals surface area contributed by atoms with Crippen LogP contribution in [0.2, 0.25) is 0 Å². The van der Waals surface area contributed by atoms with E-state index in [9.17, 15) is 30.3 Å². The average Bonchev–Trinajstić information content (AvgIpc) is 3.06. The van der Waals surface area contributed by atoms with Crippen molar-refractivity contribution in [3.05, 3.63) is 12.2 Å². The highest BCUT2D eigenvalue weighted by molar-refractivity contribution is 5.82. The fraction of sp³-hybridized carbons (Fsp3) is 0.850. The highest BCUT2D eigenvalue weighted by Gasteiger charge is 2.82. The van der Waals surface area contributed by atoms with Gasteiger partial charge in [-0.2, -0.15) is 0 Å². The number of aliphatic hydroxyl groups is 5. The maximum atomic E-state index is 13.1. The molecule has 11 atom stereocenters. The van der Waals surface area contributed by atoms with Crippen molar-refractivity contribution in [1.82, 2.24) is 0 Å². The number of esters is 1. The van der Waals surface area contributed by atoms with Crippen LogP contribution in [-0.2, 0) is 14.3 Å². The summed E-state index contributed by atoms with van der Waals surface area (Å²) in [5.74, 6) is -2.53. The molecule has 2 aliphatic heterocycles. The summed E-state index contributed by atoms with van der Waals surface area (Å²) in [5.41, 5.74) is -3.05. The van der Waals surface area contributed by atoms with Gasteiger partial charge in [-0.25, -0.2) is 0 Å². The zero-order valence-corrected chi connectivity index (χ0v) is 15.8. The van der Waals surface area contributed by atoms with Crippen LogP contribution >= 0.6 is 0 Å². The monoisotopic (exact) mass is 396 g/mol. The van der Waals surface area contributed by atoms with Gasteiger partial charge in [0.05, 0.1) is 23.7 Å². The fourth-order valence-electron chi connectivity index (χ4n) is 7.57. The van der Waals surface area contributed by atoms with Crippen molar-refractivity contribution < 1.29 is 39.8 Å². The Kier molecular flexibility index (Phi) is 3.77. The number of hydrogen-bond acceptors (Lipinski definition) is 8. The number of hydrogen-bond donors (Lipinski definition) is 5. The van der Waals surface area contributed by atoms with Crippen LogP contribution in [0.15, 0.2) is 12.2 Å². The third-order valence-corrected chi connectivity index (χ3v) is 8.72. The van der Waals surface area contributed by atoms with Crippen molar-refractivity contribution >= 4 is 5.97 Å². The predicted molar refractivity (Wildman–Crippen MR) is 93.1 cm³/mol. The van der Waals surface area contributed by atoms with Crippen molar-refractivity contribution in [3.63, 3.8) is 0 Å². The first-order valence-corrected chi connectivity index (χ1v) is 10.0. The third kappa shape index (κ3) is 1.81. The molecule has 0 aromatic heterocycles. The Morgan fingerprint density at radius 1 is 1.21 bits per heavy atom. The van der Waals surface area contributed by atoms with E-state index in [1.54, 1.807) is 0 Å². The van der Waals surface area contributed by atoms with Crippen molar-refractivity contribution in [1.29, 1.82) is 0 Å². The number of rotatable bonds is 1. The molecule has 0 aromatic rings. The van der Waals surface area contributed by atoms with Gasteiger partial charge in [0.15, 0.2) is 6.29 Å². The Morgan fingerprint density at radius 2 is 1.93 bits per heavy atom. The molecule has 0 radical (unpaired) electrons. The molecule has 2 heterocycles. The van der Waals surface area contributed by atoms with Crippen molar-refractivity contribution in [2.24, 2.45) is 34.0 Å². The Bertz CT molecular complexity index is 740. The van der Waals surface area contributed by atoms with Gasteiger partial charge in [0, 0.05) is 18.4 Å². The van der Waals surface area contributed by atoms with E-state index in [0.717, 1.165) is 0 Å². The highest BCUT2D eigenvalue weighted by Crippen LogP contribution is 2.73. The van der Waals surface area contributed by atoms with E-state index in [4.69, 9.17) is 9.47 Å². The fourth-order valence-corrected chi connectivity index (χ4v) is 7.57. The van der Waals surface area contributed by atoms with Crippen molar-refractivity contribution in [3.8, 4) is 0 Å². The molecule has 28 heavy (non-hydrogen) atoms. The SMILES string of the molecule is C=C1[C@H]2C[C@@H](O)[C@H]3[C@@](C2)(C(=O)O[C@@H]2O[C@H](O)[C@H]4[C@@](C)(CO)CC[C@@H](O)[C@@]243)[C@@H]1O. The summed E-state index contributed by atoms with van der Waals surface area (Å²) in [4.78, 5) is 13.1. The van der Waals surface area contributed by atoms with Crippen LogP contribution in [0.5, 0.6) is 0 Å². The lowest BCUT2D eigenvalue weighted by Gasteiger charge is -2.63. The van der Waals surface area contributed by atoms with E-state index in [1.165, 1.54) is 0 Å². The lowest BCUT2D eigenvalue weighted by atomic mass is 9.43. The van der Waals surface area contributed by atoms with Gasteiger partial charge in [-0.3, -0.25) is 4.79 Å². The maximum absolute atomic E-state index is 13.1. The molecule has 0 aromatic carbocycles. The van der Waals surface area contributed by atoms with E-state index in [2.05, 4.69) is 6.58 Å². The standard InChI is InChI=1S/C20H28O8/c1-8-9-5-10(22)12-19(6-9,14(8)24)16(26)28-17-20(12)11(23)3-4-18(2,7-21)13(20)15(25)27-17/h9-15,17,21-25H,1,3-7H2,2H3/t9-,10+,11+,12-,13-,14+,15-,17-,18+,19+,20-/m0/s1. The second-order valence-electron chi connectivity index (χ2n) is 9.81. The lowest BCUT2D eigenvalue weighted by molar-refractivity contribution is -0.303. The number of ether oxygens (including phenoxy) is 2. The van der Waals surface area contributed by atoms with E-state index < -0.39 is 64.9 Å². The summed E-state index contributed by atoms with van der Waals surface area (Å²) >= 11 is 0. The molecule has 8 heteroatoms. The minimum absolute atomic E-state index is 0.211. The first-order valence-electron chi connectivity index (χ1n) is 10.0. The molecule has 5 N–H and O–H groups in total. The summed E-state index contributed by atoms with van der Waals surface area (Å²) in [5, 5.41) is 54.4. The topological polar surface area (TPSA) is 137 Å². The lowest BCUT2D eigenvalue weighted by Crippen LogP contribution is -2.72.